The standard InChI is InChI=1S/C16H23N7O2/c1-23-14(10-20-22-23)16(25)21-13-4-2-11(6-13)7-17-15(24)5-3-12-8-18-19-9-12/h8-11,13H,2-7H2,1H3,(H,17,24)(H,18,19)(H,21,25)/t11-,13+/m0/s1. The van der Waals surface area contributed by atoms with Crippen molar-refractivity contribution in [2.24, 2.45) is 13.0 Å². The minimum atomic E-state index is -0.151. The highest BCUT2D eigenvalue weighted by Crippen LogP contribution is 2.25. The van der Waals surface area contributed by atoms with Gasteiger partial charge in [0.05, 0.1) is 12.4 Å². The van der Waals surface area contributed by atoms with Gasteiger partial charge in [0.25, 0.3) is 5.91 Å². The zero-order valence-electron chi connectivity index (χ0n) is 14.2. The molecule has 3 N–H and O–H groups in total. The van der Waals surface area contributed by atoms with Gasteiger partial charge in [0.15, 0.2) is 0 Å². The lowest BCUT2D eigenvalue weighted by Crippen LogP contribution is -2.35. The number of carbonyl (C=O) groups is 2. The molecule has 2 aromatic heterocycles. The third-order valence-electron chi connectivity index (χ3n) is 4.61. The molecule has 0 aliphatic heterocycles. The number of hydrogen-bond donors (Lipinski definition) is 3. The Balaban J connectivity index is 1.36. The Hall–Kier alpha value is -2.71. The SMILES string of the molecule is Cn1nncc1C(=O)N[C@@H]1CC[C@H](CNC(=O)CCc2cn[nH]c2)C1. The summed E-state index contributed by atoms with van der Waals surface area (Å²) in [6.45, 7) is 0.657. The fourth-order valence-corrected chi connectivity index (χ4v) is 3.16. The van der Waals surface area contributed by atoms with Crippen molar-refractivity contribution in [3.05, 3.63) is 29.8 Å². The number of H-pyrrole nitrogens is 1. The van der Waals surface area contributed by atoms with Gasteiger partial charge in [-0.2, -0.15) is 5.10 Å². The highest BCUT2D eigenvalue weighted by Gasteiger charge is 2.27. The van der Waals surface area contributed by atoms with E-state index in [9.17, 15) is 9.59 Å². The van der Waals surface area contributed by atoms with E-state index in [4.69, 9.17) is 0 Å². The summed E-state index contributed by atoms with van der Waals surface area (Å²) in [5, 5.41) is 20.1. The third-order valence-corrected chi connectivity index (χ3v) is 4.61. The molecule has 1 aliphatic rings. The number of rotatable bonds is 7. The quantitative estimate of drug-likeness (QED) is 0.662. The van der Waals surface area contributed by atoms with Crippen molar-refractivity contribution in [2.45, 2.75) is 38.1 Å². The van der Waals surface area contributed by atoms with Crippen LogP contribution in [0.2, 0.25) is 0 Å². The molecule has 2 heterocycles. The van der Waals surface area contributed by atoms with Crippen molar-refractivity contribution in [1.29, 1.82) is 0 Å². The summed E-state index contributed by atoms with van der Waals surface area (Å²) in [5.74, 6) is 0.296. The van der Waals surface area contributed by atoms with Crippen molar-refractivity contribution >= 4 is 11.8 Å². The summed E-state index contributed by atoms with van der Waals surface area (Å²) >= 11 is 0. The molecular formula is C16H23N7O2. The van der Waals surface area contributed by atoms with Crippen LogP contribution in [-0.2, 0) is 18.3 Å². The molecule has 25 heavy (non-hydrogen) atoms. The van der Waals surface area contributed by atoms with E-state index >= 15 is 0 Å². The van der Waals surface area contributed by atoms with E-state index in [1.54, 1.807) is 19.4 Å². The molecular weight excluding hydrogens is 322 g/mol. The first-order valence-electron chi connectivity index (χ1n) is 8.51. The summed E-state index contributed by atoms with van der Waals surface area (Å²) in [6.07, 6.45) is 8.93. The topological polar surface area (TPSA) is 118 Å². The fourth-order valence-electron chi connectivity index (χ4n) is 3.16. The molecule has 9 heteroatoms. The number of carbonyl (C=O) groups excluding carboxylic acids is 2. The van der Waals surface area contributed by atoms with E-state index in [1.807, 2.05) is 0 Å². The Labute approximate surface area is 145 Å². The van der Waals surface area contributed by atoms with Crippen LogP contribution in [0.5, 0.6) is 0 Å². The van der Waals surface area contributed by atoms with Gasteiger partial charge in [0.2, 0.25) is 5.91 Å². The molecule has 2 amide bonds. The lowest BCUT2D eigenvalue weighted by molar-refractivity contribution is -0.121. The van der Waals surface area contributed by atoms with Gasteiger partial charge in [-0.15, -0.1) is 5.10 Å². The maximum Gasteiger partial charge on any atom is 0.271 e. The van der Waals surface area contributed by atoms with Gasteiger partial charge in [0.1, 0.15) is 5.69 Å². The van der Waals surface area contributed by atoms with Gasteiger partial charge in [-0.3, -0.25) is 14.7 Å². The van der Waals surface area contributed by atoms with Crippen LogP contribution in [0.3, 0.4) is 0 Å². The summed E-state index contributed by atoms with van der Waals surface area (Å²) < 4.78 is 1.46. The number of amides is 2. The Kier molecular flexibility index (Phi) is 5.42. The van der Waals surface area contributed by atoms with Crippen LogP contribution in [0.15, 0.2) is 18.6 Å². The monoisotopic (exact) mass is 345 g/mol. The molecule has 0 spiro atoms. The lowest BCUT2D eigenvalue weighted by atomic mass is 10.1. The van der Waals surface area contributed by atoms with Crippen molar-refractivity contribution in [1.82, 2.24) is 35.8 Å². The van der Waals surface area contributed by atoms with Crippen LogP contribution < -0.4 is 10.6 Å². The lowest BCUT2D eigenvalue weighted by Gasteiger charge is -2.14. The van der Waals surface area contributed by atoms with Crippen LogP contribution in [-0.4, -0.2) is 49.6 Å². The number of aryl methyl sites for hydroxylation is 2. The average Bonchev–Trinajstić information content (AvgIpc) is 3.33. The predicted octanol–water partition coefficient (Wildman–Crippen LogP) is 0.186. The second kappa shape index (κ2) is 7.91. The molecule has 3 rings (SSSR count). The number of hydrogen-bond acceptors (Lipinski definition) is 5. The minimum absolute atomic E-state index is 0.0506. The molecule has 1 aliphatic carbocycles. The Morgan fingerprint density at radius 3 is 2.96 bits per heavy atom. The minimum Gasteiger partial charge on any atom is -0.356 e. The van der Waals surface area contributed by atoms with E-state index in [0.29, 0.717) is 31.0 Å². The van der Waals surface area contributed by atoms with E-state index in [2.05, 4.69) is 31.1 Å². The fraction of sp³-hybridized carbons (Fsp3) is 0.562. The van der Waals surface area contributed by atoms with Gasteiger partial charge in [0, 0.05) is 32.3 Å². The molecule has 9 nitrogen and oxygen atoms in total. The molecule has 2 atom stereocenters. The van der Waals surface area contributed by atoms with Gasteiger partial charge < -0.3 is 10.6 Å². The third kappa shape index (κ3) is 4.65. The Morgan fingerprint density at radius 2 is 2.24 bits per heavy atom. The molecule has 1 fully saturated rings. The average molecular weight is 345 g/mol. The van der Waals surface area contributed by atoms with E-state index in [1.165, 1.54) is 10.9 Å². The van der Waals surface area contributed by atoms with Crippen LogP contribution in [0, 0.1) is 5.92 Å². The van der Waals surface area contributed by atoms with Gasteiger partial charge >= 0.3 is 0 Å². The number of aromatic amines is 1. The molecule has 0 aromatic carbocycles. The van der Waals surface area contributed by atoms with E-state index in [0.717, 1.165) is 24.8 Å². The van der Waals surface area contributed by atoms with Gasteiger partial charge in [-0.05, 0) is 37.2 Å². The maximum atomic E-state index is 12.2. The molecule has 0 saturated heterocycles. The first-order valence-corrected chi connectivity index (χ1v) is 8.51. The predicted molar refractivity (Wildman–Crippen MR) is 89.5 cm³/mol. The summed E-state index contributed by atoms with van der Waals surface area (Å²) in [7, 11) is 1.69. The molecule has 134 valence electrons. The van der Waals surface area contributed by atoms with Gasteiger partial charge in [-0.1, -0.05) is 5.21 Å². The summed E-state index contributed by atoms with van der Waals surface area (Å²) in [6, 6.07) is 0.134. The highest BCUT2D eigenvalue weighted by molar-refractivity contribution is 5.92. The molecule has 2 aromatic rings. The second-order valence-corrected chi connectivity index (χ2v) is 6.50. The zero-order valence-corrected chi connectivity index (χ0v) is 14.2. The number of nitrogens with zero attached hydrogens (tertiary/aromatic N) is 4. The van der Waals surface area contributed by atoms with E-state index < -0.39 is 0 Å². The first-order chi connectivity index (χ1) is 12.1. The summed E-state index contributed by atoms with van der Waals surface area (Å²) in [4.78, 5) is 24.1. The Bertz CT molecular complexity index is 710. The van der Waals surface area contributed by atoms with Crippen molar-refractivity contribution in [2.75, 3.05) is 6.54 Å². The smallest absolute Gasteiger partial charge is 0.271 e. The molecule has 0 bridgehead atoms. The molecule has 1 saturated carbocycles. The van der Waals surface area contributed by atoms with Crippen molar-refractivity contribution in [3.63, 3.8) is 0 Å². The first kappa shape index (κ1) is 17.1. The largest absolute Gasteiger partial charge is 0.356 e. The number of nitrogens with one attached hydrogen (secondary N) is 3. The zero-order chi connectivity index (χ0) is 17.6. The van der Waals surface area contributed by atoms with Gasteiger partial charge in [-0.25, -0.2) is 4.68 Å². The Morgan fingerprint density at radius 1 is 1.36 bits per heavy atom. The maximum absolute atomic E-state index is 12.2. The van der Waals surface area contributed by atoms with E-state index in [-0.39, 0.29) is 17.9 Å². The normalized spacial score (nSPS) is 19.7. The molecule has 0 radical (unpaired) electrons. The highest BCUT2D eigenvalue weighted by atomic mass is 16.2. The second-order valence-electron chi connectivity index (χ2n) is 6.50. The van der Waals surface area contributed by atoms with Crippen LogP contribution in [0.1, 0.15) is 41.7 Å². The van der Waals surface area contributed by atoms with Crippen LogP contribution >= 0.6 is 0 Å². The van der Waals surface area contributed by atoms with Crippen molar-refractivity contribution in [3.8, 4) is 0 Å². The summed E-state index contributed by atoms with van der Waals surface area (Å²) in [5.41, 5.74) is 1.49. The number of aromatic nitrogens is 5. The molecule has 0 unspecified atom stereocenters. The van der Waals surface area contributed by atoms with Crippen molar-refractivity contribution < 1.29 is 9.59 Å². The van der Waals surface area contributed by atoms with Crippen LogP contribution in [0.25, 0.3) is 0 Å². The van der Waals surface area contributed by atoms with Crippen LogP contribution in [0.4, 0.5) is 0 Å².